The highest BCUT2D eigenvalue weighted by atomic mass is 32.2. The molecule has 0 unspecified atom stereocenters. The SMILES string of the molecule is CN(C)S(=O)(=O)CCNC(=O)C1(C(=O)O)CCC1. The minimum absolute atomic E-state index is 0.0750. The molecule has 1 rings (SSSR count). The number of rotatable bonds is 6. The van der Waals surface area contributed by atoms with E-state index in [2.05, 4.69) is 5.32 Å². The summed E-state index contributed by atoms with van der Waals surface area (Å²) in [6.45, 7) is -0.0750. The van der Waals surface area contributed by atoms with E-state index in [0.29, 0.717) is 19.3 Å². The van der Waals surface area contributed by atoms with Crippen LogP contribution in [0.3, 0.4) is 0 Å². The molecule has 7 nitrogen and oxygen atoms in total. The smallest absolute Gasteiger partial charge is 0.319 e. The second kappa shape index (κ2) is 5.23. The number of carbonyl (C=O) groups is 2. The van der Waals surface area contributed by atoms with Gasteiger partial charge in [0.1, 0.15) is 5.41 Å². The van der Waals surface area contributed by atoms with Gasteiger partial charge in [-0.2, -0.15) is 0 Å². The fourth-order valence-electron chi connectivity index (χ4n) is 1.71. The number of carboxylic acid groups (broad SMARTS) is 1. The van der Waals surface area contributed by atoms with Gasteiger partial charge >= 0.3 is 5.97 Å². The Kier molecular flexibility index (Phi) is 4.33. The molecule has 2 N–H and O–H groups in total. The Labute approximate surface area is 106 Å². The number of nitrogens with zero attached hydrogens (tertiary/aromatic N) is 1. The monoisotopic (exact) mass is 278 g/mol. The van der Waals surface area contributed by atoms with E-state index in [-0.39, 0.29) is 12.3 Å². The molecule has 1 aliphatic carbocycles. The number of amides is 1. The van der Waals surface area contributed by atoms with Gasteiger partial charge in [0.2, 0.25) is 15.9 Å². The Morgan fingerprint density at radius 1 is 1.33 bits per heavy atom. The number of aliphatic carboxylic acids is 1. The normalized spacial score (nSPS) is 18.2. The molecule has 1 amide bonds. The van der Waals surface area contributed by atoms with E-state index < -0.39 is 27.3 Å². The lowest BCUT2D eigenvalue weighted by molar-refractivity contribution is -0.162. The lowest BCUT2D eigenvalue weighted by Crippen LogP contribution is -2.52. The first-order valence-electron chi connectivity index (χ1n) is 5.64. The highest BCUT2D eigenvalue weighted by Gasteiger charge is 2.51. The summed E-state index contributed by atoms with van der Waals surface area (Å²) in [7, 11) is -0.568. The van der Waals surface area contributed by atoms with E-state index in [9.17, 15) is 18.0 Å². The van der Waals surface area contributed by atoms with Crippen LogP contribution in [0.5, 0.6) is 0 Å². The van der Waals surface area contributed by atoms with Crippen molar-refractivity contribution in [1.82, 2.24) is 9.62 Å². The number of hydrogen-bond acceptors (Lipinski definition) is 4. The van der Waals surface area contributed by atoms with E-state index in [0.717, 1.165) is 4.31 Å². The van der Waals surface area contributed by atoms with Gasteiger partial charge in [0.05, 0.1) is 5.75 Å². The number of carbonyl (C=O) groups excluding carboxylic acids is 1. The Bertz CT molecular complexity index is 439. The van der Waals surface area contributed by atoms with Gasteiger partial charge in [0, 0.05) is 20.6 Å². The van der Waals surface area contributed by atoms with Crippen molar-refractivity contribution in [2.75, 3.05) is 26.4 Å². The van der Waals surface area contributed by atoms with Crippen molar-refractivity contribution in [2.24, 2.45) is 5.41 Å². The van der Waals surface area contributed by atoms with Crippen LogP contribution in [0.2, 0.25) is 0 Å². The summed E-state index contributed by atoms with van der Waals surface area (Å²) in [6.07, 6.45) is 1.33. The molecule has 0 aliphatic heterocycles. The summed E-state index contributed by atoms with van der Waals surface area (Å²) >= 11 is 0. The van der Waals surface area contributed by atoms with Crippen LogP contribution in [0.25, 0.3) is 0 Å². The molecular weight excluding hydrogens is 260 g/mol. The van der Waals surface area contributed by atoms with Gasteiger partial charge in [-0.1, -0.05) is 6.42 Å². The van der Waals surface area contributed by atoms with Crippen molar-refractivity contribution < 1.29 is 23.1 Å². The quantitative estimate of drug-likeness (QED) is 0.622. The largest absolute Gasteiger partial charge is 0.480 e. The minimum atomic E-state index is -3.38. The molecule has 1 aliphatic rings. The van der Waals surface area contributed by atoms with Gasteiger partial charge in [-0.3, -0.25) is 9.59 Å². The Morgan fingerprint density at radius 3 is 2.22 bits per heavy atom. The first-order valence-corrected chi connectivity index (χ1v) is 7.25. The number of hydrogen-bond donors (Lipinski definition) is 2. The zero-order valence-electron chi connectivity index (χ0n) is 10.5. The molecule has 0 bridgehead atoms. The van der Waals surface area contributed by atoms with E-state index >= 15 is 0 Å². The molecule has 8 heteroatoms. The van der Waals surface area contributed by atoms with Crippen LogP contribution < -0.4 is 5.32 Å². The minimum Gasteiger partial charge on any atom is -0.480 e. The first kappa shape index (κ1) is 14.9. The Morgan fingerprint density at radius 2 is 1.89 bits per heavy atom. The zero-order chi connectivity index (χ0) is 14.0. The first-order chi connectivity index (χ1) is 8.22. The second-order valence-electron chi connectivity index (χ2n) is 4.60. The van der Waals surface area contributed by atoms with Crippen molar-refractivity contribution in [3.05, 3.63) is 0 Å². The highest BCUT2D eigenvalue weighted by Crippen LogP contribution is 2.41. The molecule has 1 fully saturated rings. The molecular formula is C10H18N2O5S. The molecule has 104 valence electrons. The number of nitrogens with one attached hydrogen (secondary N) is 1. The van der Waals surface area contributed by atoms with Gasteiger partial charge in [0.15, 0.2) is 0 Å². The molecule has 0 heterocycles. The highest BCUT2D eigenvalue weighted by molar-refractivity contribution is 7.89. The molecule has 0 radical (unpaired) electrons. The predicted octanol–water partition coefficient (Wildman–Crippen LogP) is -0.751. The Hall–Kier alpha value is -1.15. The standard InChI is InChI=1S/C10H18N2O5S/c1-12(2)18(16,17)7-6-11-8(13)10(9(14)15)4-3-5-10/h3-7H2,1-2H3,(H,11,13)(H,14,15). The molecule has 18 heavy (non-hydrogen) atoms. The lowest BCUT2D eigenvalue weighted by Gasteiger charge is -2.35. The summed E-state index contributed by atoms with van der Waals surface area (Å²) in [5, 5.41) is 11.4. The molecule has 0 aromatic carbocycles. The summed E-state index contributed by atoms with van der Waals surface area (Å²) in [4.78, 5) is 22.8. The predicted molar refractivity (Wildman–Crippen MR) is 64.4 cm³/mol. The van der Waals surface area contributed by atoms with E-state index in [1.54, 1.807) is 0 Å². The topological polar surface area (TPSA) is 104 Å². The van der Waals surface area contributed by atoms with E-state index in [4.69, 9.17) is 5.11 Å². The summed E-state index contributed by atoms with van der Waals surface area (Å²) in [6, 6.07) is 0. The summed E-state index contributed by atoms with van der Waals surface area (Å²) < 4.78 is 23.9. The summed E-state index contributed by atoms with van der Waals surface area (Å²) in [5.41, 5.74) is -1.35. The number of carboxylic acids is 1. The van der Waals surface area contributed by atoms with Gasteiger partial charge in [-0.25, -0.2) is 12.7 Å². The van der Waals surface area contributed by atoms with Crippen LogP contribution in [-0.2, 0) is 19.6 Å². The molecule has 1 saturated carbocycles. The van der Waals surface area contributed by atoms with E-state index in [1.165, 1.54) is 14.1 Å². The Balaban J connectivity index is 2.50. The van der Waals surface area contributed by atoms with Crippen molar-refractivity contribution in [3.63, 3.8) is 0 Å². The molecule has 0 aromatic heterocycles. The molecule has 0 atom stereocenters. The number of sulfonamides is 1. The lowest BCUT2D eigenvalue weighted by atomic mass is 9.68. The fraction of sp³-hybridized carbons (Fsp3) is 0.800. The fourth-order valence-corrected chi connectivity index (χ4v) is 2.44. The maximum atomic E-state index is 11.7. The van der Waals surface area contributed by atoms with E-state index in [1.807, 2.05) is 0 Å². The maximum Gasteiger partial charge on any atom is 0.319 e. The van der Waals surface area contributed by atoms with Gasteiger partial charge in [0.25, 0.3) is 0 Å². The van der Waals surface area contributed by atoms with Gasteiger partial charge < -0.3 is 10.4 Å². The maximum absolute atomic E-state index is 11.7. The average Bonchev–Trinajstić information content (AvgIpc) is 2.14. The van der Waals surface area contributed by atoms with Crippen LogP contribution in [0, 0.1) is 5.41 Å². The third-order valence-corrected chi connectivity index (χ3v) is 5.09. The molecule has 0 aromatic rings. The average molecular weight is 278 g/mol. The van der Waals surface area contributed by atoms with Crippen LogP contribution in [0.1, 0.15) is 19.3 Å². The third-order valence-electron chi connectivity index (χ3n) is 3.25. The van der Waals surface area contributed by atoms with Gasteiger partial charge in [-0.15, -0.1) is 0 Å². The van der Waals surface area contributed by atoms with Crippen molar-refractivity contribution in [1.29, 1.82) is 0 Å². The molecule has 0 spiro atoms. The van der Waals surface area contributed by atoms with Crippen LogP contribution >= 0.6 is 0 Å². The van der Waals surface area contributed by atoms with Crippen LogP contribution in [-0.4, -0.2) is 56.1 Å². The second-order valence-corrected chi connectivity index (χ2v) is 6.90. The summed E-state index contributed by atoms with van der Waals surface area (Å²) in [5.74, 6) is -1.96. The van der Waals surface area contributed by atoms with Crippen molar-refractivity contribution in [2.45, 2.75) is 19.3 Å². The van der Waals surface area contributed by atoms with Gasteiger partial charge in [-0.05, 0) is 12.8 Å². The molecule has 0 saturated heterocycles. The van der Waals surface area contributed by atoms with Crippen molar-refractivity contribution >= 4 is 21.9 Å². The third kappa shape index (κ3) is 2.81. The van der Waals surface area contributed by atoms with Crippen molar-refractivity contribution in [3.8, 4) is 0 Å². The van der Waals surface area contributed by atoms with Crippen LogP contribution in [0.15, 0.2) is 0 Å². The van der Waals surface area contributed by atoms with Crippen LogP contribution in [0.4, 0.5) is 0 Å². The zero-order valence-corrected chi connectivity index (χ0v) is 11.3.